The van der Waals surface area contributed by atoms with Gasteiger partial charge in [-0.1, -0.05) is 59.2 Å². The van der Waals surface area contributed by atoms with Crippen LogP contribution in [0.3, 0.4) is 0 Å². The number of nitrogens with one attached hydrogen (secondary N) is 1. The summed E-state index contributed by atoms with van der Waals surface area (Å²) in [5, 5.41) is 12.6. The van der Waals surface area contributed by atoms with Crippen molar-refractivity contribution in [2.24, 2.45) is 11.3 Å². The van der Waals surface area contributed by atoms with Crippen molar-refractivity contribution in [2.75, 3.05) is 0 Å². The molecule has 5 rings (SSSR count). The number of aryl methyl sites for hydroxylation is 1. The van der Waals surface area contributed by atoms with Crippen molar-refractivity contribution < 1.29 is 9.90 Å². The molecule has 2 aliphatic carbocycles. The second-order valence-corrected chi connectivity index (χ2v) is 9.21. The van der Waals surface area contributed by atoms with Crippen molar-refractivity contribution in [1.82, 2.24) is 4.98 Å². The maximum atomic E-state index is 12.2. The van der Waals surface area contributed by atoms with Crippen LogP contribution in [0.15, 0.2) is 30.3 Å². The number of hydrogen-bond acceptors (Lipinski definition) is 1. The molecule has 2 aliphatic rings. The zero-order chi connectivity index (χ0) is 23.0. The van der Waals surface area contributed by atoms with Gasteiger partial charge in [-0.2, -0.15) is 0 Å². The van der Waals surface area contributed by atoms with E-state index in [-0.39, 0.29) is 11.3 Å². The van der Waals surface area contributed by atoms with Gasteiger partial charge in [-0.15, -0.1) is 0 Å². The van der Waals surface area contributed by atoms with E-state index < -0.39 is 11.4 Å². The van der Waals surface area contributed by atoms with Gasteiger partial charge in [-0.3, -0.25) is 4.79 Å². The third-order valence-corrected chi connectivity index (χ3v) is 7.90. The second kappa shape index (κ2) is 8.68. The lowest BCUT2D eigenvalue weighted by Gasteiger charge is -2.53. The van der Waals surface area contributed by atoms with E-state index in [0.29, 0.717) is 0 Å². The van der Waals surface area contributed by atoms with E-state index in [9.17, 15) is 9.90 Å². The Bertz CT molecular complexity index is 1100. The van der Waals surface area contributed by atoms with Gasteiger partial charge < -0.3 is 10.1 Å². The first kappa shape index (κ1) is 23.4. The highest BCUT2D eigenvalue weighted by molar-refractivity contribution is 6.09. The van der Waals surface area contributed by atoms with Crippen molar-refractivity contribution in [2.45, 2.75) is 86.0 Å². The number of aliphatic carboxylic acids is 1. The highest BCUT2D eigenvalue weighted by atomic mass is 16.4. The van der Waals surface area contributed by atoms with Crippen molar-refractivity contribution in [3.8, 4) is 0 Å². The molecule has 1 heterocycles. The molecule has 1 aromatic heterocycles. The summed E-state index contributed by atoms with van der Waals surface area (Å²) in [7, 11) is 0. The minimum atomic E-state index is -0.619. The molecular weight excluding hydrogens is 382 g/mol. The van der Waals surface area contributed by atoms with Gasteiger partial charge in [0.05, 0.1) is 5.41 Å². The Morgan fingerprint density at radius 1 is 1.06 bits per heavy atom. The van der Waals surface area contributed by atoms with Crippen molar-refractivity contribution in [3.05, 3.63) is 47.0 Å². The molecule has 0 aliphatic heterocycles. The number of hydrogen-bond donors (Lipinski definition) is 2. The molecule has 0 amide bonds. The summed E-state index contributed by atoms with van der Waals surface area (Å²) < 4.78 is 0. The molecule has 3 heteroatoms. The van der Waals surface area contributed by atoms with Crippen molar-refractivity contribution >= 4 is 27.8 Å². The van der Waals surface area contributed by atoms with Gasteiger partial charge in [0.2, 0.25) is 0 Å². The van der Waals surface area contributed by atoms with E-state index in [0.717, 1.165) is 32.1 Å². The molecule has 0 spiro atoms. The number of carboxylic acid groups (broad SMARTS) is 1. The van der Waals surface area contributed by atoms with E-state index in [1.165, 1.54) is 38.5 Å². The Kier molecular flexibility index (Phi) is 6.55. The Morgan fingerprint density at radius 3 is 2.42 bits per heavy atom. The first-order chi connectivity index (χ1) is 14.9. The predicted octanol–water partition coefficient (Wildman–Crippen LogP) is 7.78. The van der Waals surface area contributed by atoms with Crippen LogP contribution in [0.1, 0.15) is 83.9 Å². The summed E-state index contributed by atoms with van der Waals surface area (Å²) in [5.41, 5.74) is 5.95. The van der Waals surface area contributed by atoms with Crippen molar-refractivity contribution in [1.29, 1.82) is 0 Å². The zero-order valence-electron chi connectivity index (χ0n) is 20.4. The number of rotatable bonds is 1. The number of H-pyrrole nitrogens is 1. The van der Waals surface area contributed by atoms with Crippen LogP contribution < -0.4 is 0 Å². The second-order valence-electron chi connectivity index (χ2n) is 9.21. The van der Waals surface area contributed by atoms with Crippen LogP contribution in [-0.2, 0) is 16.6 Å². The molecule has 0 radical (unpaired) electrons. The fourth-order valence-corrected chi connectivity index (χ4v) is 6.40. The van der Waals surface area contributed by atoms with E-state index in [2.05, 4.69) is 49.2 Å². The normalized spacial score (nSPS) is 26.7. The summed E-state index contributed by atoms with van der Waals surface area (Å²) in [6.45, 7) is 14.6. The van der Waals surface area contributed by atoms with Crippen LogP contribution in [-0.4, -0.2) is 16.1 Å². The number of carboxylic acids is 1. The number of aromatic amines is 1. The predicted molar refractivity (Wildman–Crippen MR) is 132 cm³/mol. The zero-order valence-corrected chi connectivity index (χ0v) is 20.4. The third-order valence-electron chi connectivity index (χ3n) is 7.90. The SMILES string of the molecule is CC.CC.Cc1c2c(cc3c1[nH]c1ccccc13)[C@@]1(C)CCC[C@@](C)(C(=O)O)[C@@H]1CC2. The van der Waals surface area contributed by atoms with E-state index in [1.54, 1.807) is 0 Å². The minimum Gasteiger partial charge on any atom is -0.481 e. The summed E-state index contributed by atoms with van der Waals surface area (Å²) in [4.78, 5) is 15.8. The maximum absolute atomic E-state index is 12.2. The highest BCUT2D eigenvalue weighted by Crippen LogP contribution is 2.58. The molecular formula is C28H39NO2. The molecule has 1 fully saturated rings. The molecule has 3 aromatic rings. The number of carbonyl (C=O) groups is 1. The monoisotopic (exact) mass is 421 g/mol. The minimum absolute atomic E-state index is 0.0592. The lowest BCUT2D eigenvalue weighted by molar-refractivity contribution is -0.157. The Balaban J connectivity index is 0.000000645. The Labute approximate surface area is 187 Å². The third kappa shape index (κ3) is 3.37. The maximum Gasteiger partial charge on any atom is 0.309 e. The fraction of sp³-hybridized carbons (Fsp3) is 0.536. The van der Waals surface area contributed by atoms with Gasteiger partial charge in [-0.25, -0.2) is 0 Å². The molecule has 3 nitrogen and oxygen atoms in total. The lowest BCUT2D eigenvalue weighted by Crippen LogP contribution is -2.52. The van der Waals surface area contributed by atoms with Gasteiger partial charge in [0.15, 0.2) is 0 Å². The topological polar surface area (TPSA) is 53.1 Å². The average molecular weight is 422 g/mol. The van der Waals surface area contributed by atoms with E-state index in [4.69, 9.17) is 0 Å². The quantitative estimate of drug-likeness (QED) is 0.421. The summed E-state index contributed by atoms with van der Waals surface area (Å²) in [5.74, 6) is -0.419. The molecule has 168 valence electrons. The summed E-state index contributed by atoms with van der Waals surface area (Å²) in [6, 6.07) is 10.9. The Hall–Kier alpha value is -2.29. The first-order valence-electron chi connectivity index (χ1n) is 12.1. The van der Waals surface area contributed by atoms with Gasteiger partial charge in [-0.05, 0) is 79.7 Å². The molecule has 31 heavy (non-hydrogen) atoms. The van der Waals surface area contributed by atoms with Crippen LogP contribution in [0, 0.1) is 18.3 Å². The smallest absolute Gasteiger partial charge is 0.309 e. The van der Waals surface area contributed by atoms with Gasteiger partial charge in [0.25, 0.3) is 0 Å². The van der Waals surface area contributed by atoms with Crippen LogP contribution in [0.25, 0.3) is 21.8 Å². The van der Waals surface area contributed by atoms with E-state index in [1.807, 2.05) is 34.6 Å². The largest absolute Gasteiger partial charge is 0.481 e. The molecule has 0 bridgehead atoms. The van der Waals surface area contributed by atoms with Crippen LogP contribution >= 0.6 is 0 Å². The summed E-state index contributed by atoms with van der Waals surface area (Å²) in [6.07, 6.45) is 4.82. The standard InChI is InChI=1S/C24H27NO2.2C2H6/c1-14-15-9-10-20-23(2,11-6-12-24(20,3)22(26)27)18(15)13-17-16-7-4-5-8-19(16)25-21(14)17;2*1-2/h4-5,7-8,13,20,25H,6,9-12H2,1-3H3,(H,26,27);2*1-2H3/t20-,23-,24-;;/m1../s1. The number of para-hydroxylation sites is 1. The molecule has 0 saturated heterocycles. The molecule has 3 atom stereocenters. The number of benzene rings is 2. The van der Waals surface area contributed by atoms with Gasteiger partial charge >= 0.3 is 5.97 Å². The number of aromatic nitrogens is 1. The van der Waals surface area contributed by atoms with Crippen molar-refractivity contribution in [3.63, 3.8) is 0 Å². The molecule has 1 saturated carbocycles. The highest BCUT2D eigenvalue weighted by Gasteiger charge is 2.55. The van der Waals surface area contributed by atoms with Crippen LogP contribution in [0.5, 0.6) is 0 Å². The number of fused-ring (bicyclic) bond motifs is 6. The van der Waals surface area contributed by atoms with E-state index >= 15 is 0 Å². The molecule has 2 N–H and O–H groups in total. The lowest BCUT2D eigenvalue weighted by atomic mass is 9.49. The average Bonchev–Trinajstić information content (AvgIpc) is 3.16. The first-order valence-corrected chi connectivity index (χ1v) is 12.1. The summed E-state index contributed by atoms with van der Waals surface area (Å²) >= 11 is 0. The van der Waals surface area contributed by atoms with Gasteiger partial charge in [0, 0.05) is 21.8 Å². The van der Waals surface area contributed by atoms with Gasteiger partial charge in [0.1, 0.15) is 0 Å². The Morgan fingerprint density at radius 2 is 1.74 bits per heavy atom. The fourth-order valence-electron chi connectivity index (χ4n) is 6.40. The van der Waals surface area contributed by atoms with Crippen LogP contribution in [0.4, 0.5) is 0 Å². The van der Waals surface area contributed by atoms with Crippen LogP contribution in [0.2, 0.25) is 0 Å². The molecule has 0 unspecified atom stereocenters. The molecule has 2 aromatic carbocycles.